The molecule has 2 saturated heterocycles. The smallest absolute Gasteiger partial charge is 0.225 e. The largest absolute Gasteiger partial charge is 0.355 e. The van der Waals surface area contributed by atoms with Gasteiger partial charge in [0.2, 0.25) is 11.8 Å². The Morgan fingerprint density at radius 1 is 1.00 bits per heavy atom. The Labute approximate surface area is 58.0 Å². The van der Waals surface area contributed by atoms with Crippen molar-refractivity contribution in [1.29, 1.82) is 0 Å². The SMILES string of the molecule is O=C1NCC2C(=O)NCC12. The maximum atomic E-state index is 10.9. The molecule has 2 unspecified atom stereocenters. The lowest BCUT2D eigenvalue weighted by Crippen LogP contribution is -2.27. The third kappa shape index (κ3) is 0.558. The highest BCUT2D eigenvalue weighted by Gasteiger charge is 2.43. The topological polar surface area (TPSA) is 58.2 Å². The molecule has 4 heteroatoms. The van der Waals surface area contributed by atoms with E-state index in [1.807, 2.05) is 0 Å². The second-order valence-corrected chi connectivity index (χ2v) is 2.70. The van der Waals surface area contributed by atoms with Crippen LogP contribution in [0, 0.1) is 11.8 Å². The molecule has 0 aromatic rings. The Hall–Kier alpha value is -1.06. The maximum Gasteiger partial charge on any atom is 0.225 e. The van der Waals surface area contributed by atoms with Crippen molar-refractivity contribution >= 4 is 11.8 Å². The van der Waals surface area contributed by atoms with E-state index in [4.69, 9.17) is 0 Å². The van der Waals surface area contributed by atoms with E-state index in [9.17, 15) is 9.59 Å². The van der Waals surface area contributed by atoms with Crippen LogP contribution in [0.1, 0.15) is 0 Å². The molecule has 2 amide bonds. The molecule has 0 aromatic carbocycles. The van der Waals surface area contributed by atoms with Crippen LogP contribution in [0.2, 0.25) is 0 Å². The molecule has 0 spiro atoms. The molecule has 0 saturated carbocycles. The van der Waals surface area contributed by atoms with E-state index in [-0.39, 0.29) is 23.7 Å². The molecule has 2 aliphatic rings. The van der Waals surface area contributed by atoms with Crippen LogP contribution >= 0.6 is 0 Å². The van der Waals surface area contributed by atoms with Crippen molar-refractivity contribution in [2.75, 3.05) is 13.1 Å². The third-order valence-electron chi connectivity index (χ3n) is 2.15. The van der Waals surface area contributed by atoms with Gasteiger partial charge in [0, 0.05) is 13.1 Å². The summed E-state index contributed by atoms with van der Waals surface area (Å²) in [6, 6.07) is 0. The zero-order chi connectivity index (χ0) is 7.14. The first-order valence-electron chi connectivity index (χ1n) is 3.34. The lowest BCUT2D eigenvalue weighted by molar-refractivity contribution is -0.125. The van der Waals surface area contributed by atoms with E-state index in [1.54, 1.807) is 0 Å². The summed E-state index contributed by atoms with van der Waals surface area (Å²) in [6.07, 6.45) is 0. The zero-order valence-electron chi connectivity index (χ0n) is 5.39. The second kappa shape index (κ2) is 1.71. The van der Waals surface area contributed by atoms with Gasteiger partial charge < -0.3 is 10.6 Å². The highest BCUT2D eigenvalue weighted by Crippen LogP contribution is 2.21. The van der Waals surface area contributed by atoms with Crippen molar-refractivity contribution in [2.24, 2.45) is 11.8 Å². The maximum absolute atomic E-state index is 10.9. The molecular weight excluding hydrogens is 132 g/mol. The van der Waals surface area contributed by atoms with Gasteiger partial charge >= 0.3 is 0 Å². The summed E-state index contributed by atoms with van der Waals surface area (Å²) in [6.45, 7) is 1.05. The quantitative estimate of drug-likeness (QED) is 0.429. The fourth-order valence-electron chi connectivity index (χ4n) is 1.52. The Kier molecular flexibility index (Phi) is 0.977. The zero-order valence-corrected chi connectivity index (χ0v) is 5.39. The Morgan fingerprint density at radius 2 is 1.40 bits per heavy atom. The molecular formula is C6H8N2O2. The van der Waals surface area contributed by atoms with Gasteiger partial charge in [-0.25, -0.2) is 0 Å². The van der Waals surface area contributed by atoms with Crippen molar-refractivity contribution in [3.8, 4) is 0 Å². The standard InChI is InChI=1S/C6H8N2O2/c9-5-3-1-7-6(10)4(3)2-8-5/h3-4H,1-2H2,(H,7,10)(H,8,9). The van der Waals surface area contributed by atoms with Crippen LogP contribution in [0.3, 0.4) is 0 Å². The Morgan fingerprint density at radius 3 is 1.80 bits per heavy atom. The number of hydrogen-bond donors (Lipinski definition) is 2. The van der Waals surface area contributed by atoms with Gasteiger partial charge in [0.05, 0.1) is 11.8 Å². The van der Waals surface area contributed by atoms with Gasteiger partial charge in [-0.2, -0.15) is 0 Å². The highest BCUT2D eigenvalue weighted by molar-refractivity contribution is 5.94. The van der Waals surface area contributed by atoms with Crippen molar-refractivity contribution in [3.63, 3.8) is 0 Å². The highest BCUT2D eigenvalue weighted by atomic mass is 16.2. The monoisotopic (exact) mass is 140 g/mol. The minimum absolute atomic E-state index is 0.0170. The summed E-state index contributed by atoms with van der Waals surface area (Å²) in [7, 11) is 0. The molecule has 2 aliphatic heterocycles. The summed E-state index contributed by atoms with van der Waals surface area (Å²) in [5, 5.41) is 5.30. The van der Waals surface area contributed by atoms with Gasteiger partial charge in [0.1, 0.15) is 0 Å². The van der Waals surface area contributed by atoms with E-state index in [1.165, 1.54) is 0 Å². The van der Waals surface area contributed by atoms with Crippen LogP contribution in [-0.2, 0) is 9.59 Å². The van der Waals surface area contributed by atoms with E-state index < -0.39 is 0 Å². The molecule has 2 atom stereocenters. The summed E-state index contributed by atoms with van der Waals surface area (Å²) >= 11 is 0. The van der Waals surface area contributed by atoms with Crippen molar-refractivity contribution in [3.05, 3.63) is 0 Å². The van der Waals surface area contributed by atoms with Crippen molar-refractivity contribution < 1.29 is 9.59 Å². The normalized spacial score (nSPS) is 37.2. The van der Waals surface area contributed by atoms with Gasteiger partial charge in [-0.15, -0.1) is 0 Å². The summed E-state index contributed by atoms with van der Waals surface area (Å²) in [4.78, 5) is 21.8. The minimum atomic E-state index is -0.0903. The first-order valence-corrected chi connectivity index (χ1v) is 3.34. The fraction of sp³-hybridized carbons (Fsp3) is 0.667. The second-order valence-electron chi connectivity index (χ2n) is 2.70. The van der Waals surface area contributed by atoms with Crippen LogP contribution in [-0.4, -0.2) is 24.9 Å². The van der Waals surface area contributed by atoms with E-state index in [0.717, 1.165) is 0 Å². The molecule has 0 aliphatic carbocycles. The number of nitrogens with one attached hydrogen (secondary N) is 2. The average Bonchev–Trinajstić information content (AvgIpc) is 2.41. The molecule has 0 aromatic heterocycles. The molecule has 10 heavy (non-hydrogen) atoms. The summed E-state index contributed by atoms with van der Waals surface area (Å²) in [5.74, 6) is -0.147. The minimum Gasteiger partial charge on any atom is -0.355 e. The molecule has 0 bridgehead atoms. The first kappa shape index (κ1) is 5.70. The lowest BCUT2D eigenvalue weighted by atomic mass is 10.00. The predicted molar refractivity (Wildman–Crippen MR) is 33.0 cm³/mol. The van der Waals surface area contributed by atoms with Crippen molar-refractivity contribution in [2.45, 2.75) is 0 Å². The predicted octanol–water partition coefficient (Wildman–Crippen LogP) is -1.52. The van der Waals surface area contributed by atoms with Gasteiger partial charge in [-0.05, 0) is 0 Å². The lowest BCUT2D eigenvalue weighted by Gasteiger charge is -1.96. The van der Waals surface area contributed by atoms with Crippen LogP contribution in [0.5, 0.6) is 0 Å². The average molecular weight is 140 g/mol. The van der Waals surface area contributed by atoms with Gasteiger partial charge in [0.15, 0.2) is 0 Å². The summed E-state index contributed by atoms with van der Waals surface area (Å²) < 4.78 is 0. The molecule has 2 heterocycles. The molecule has 0 radical (unpaired) electrons. The summed E-state index contributed by atoms with van der Waals surface area (Å²) in [5.41, 5.74) is 0. The van der Waals surface area contributed by atoms with Crippen LogP contribution in [0.15, 0.2) is 0 Å². The number of rotatable bonds is 0. The molecule has 2 rings (SSSR count). The number of carbonyl (C=O) groups is 2. The van der Waals surface area contributed by atoms with E-state index in [2.05, 4.69) is 10.6 Å². The van der Waals surface area contributed by atoms with Gasteiger partial charge in [0.25, 0.3) is 0 Å². The molecule has 2 fully saturated rings. The Balaban J connectivity index is 2.24. The number of amides is 2. The molecule has 54 valence electrons. The van der Waals surface area contributed by atoms with Gasteiger partial charge in [-0.1, -0.05) is 0 Å². The van der Waals surface area contributed by atoms with E-state index >= 15 is 0 Å². The van der Waals surface area contributed by atoms with E-state index in [0.29, 0.717) is 13.1 Å². The van der Waals surface area contributed by atoms with Gasteiger partial charge in [-0.3, -0.25) is 9.59 Å². The Bertz CT molecular complexity index is 180. The molecule has 2 N–H and O–H groups in total. The fourth-order valence-corrected chi connectivity index (χ4v) is 1.52. The van der Waals surface area contributed by atoms with Crippen LogP contribution in [0.4, 0.5) is 0 Å². The number of carbonyl (C=O) groups excluding carboxylic acids is 2. The van der Waals surface area contributed by atoms with Crippen molar-refractivity contribution in [1.82, 2.24) is 10.6 Å². The van der Waals surface area contributed by atoms with Crippen LogP contribution in [0.25, 0.3) is 0 Å². The third-order valence-corrected chi connectivity index (χ3v) is 2.15. The number of hydrogen-bond acceptors (Lipinski definition) is 2. The van der Waals surface area contributed by atoms with Crippen LogP contribution < -0.4 is 10.6 Å². The molecule has 4 nitrogen and oxygen atoms in total. The number of fused-ring (bicyclic) bond motifs is 1. The first-order chi connectivity index (χ1) is 4.79.